The number of rotatable bonds is 3. The molecule has 0 aliphatic heterocycles. The minimum absolute atomic E-state index is 0.177. The molecular weight excluding hydrogens is 304 g/mol. The van der Waals surface area contributed by atoms with Crippen LogP contribution >= 0.6 is 0 Å². The molecule has 0 amide bonds. The van der Waals surface area contributed by atoms with Crippen LogP contribution in [0.3, 0.4) is 0 Å². The van der Waals surface area contributed by atoms with Crippen molar-refractivity contribution in [2.24, 2.45) is 0 Å². The van der Waals surface area contributed by atoms with Crippen molar-refractivity contribution in [2.45, 2.75) is 37.8 Å². The van der Waals surface area contributed by atoms with Gasteiger partial charge >= 0.3 is 0 Å². The molecule has 3 aromatic rings. The van der Waals surface area contributed by atoms with Gasteiger partial charge in [0.05, 0.1) is 11.5 Å². The Labute approximate surface area is 139 Å². The molecule has 0 radical (unpaired) electrons. The van der Waals surface area contributed by atoms with Crippen LogP contribution < -0.4 is 5.32 Å². The van der Waals surface area contributed by atoms with Gasteiger partial charge in [-0.1, -0.05) is 12.1 Å². The van der Waals surface area contributed by atoms with Gasteiger partial charge in [0, 0.05) is 17.8 Å². The topological polar surface area (TPSA) is 94.1 Å². The standard InChI is InChI=1S/C18H20N4O2/c23-13-6-4-12(5-7-13)20-18-15-8-9-19-17(15)21-16(22-18)11-2-1-3-14(24)10-11/h1-3,8-10,12-13,23-24H,4-7H2,(H2,19,20,21,22). The summed E-state index contributed by atoms with van der Waals surface area (Å²) in [5.41, 5.74) is 1.54. The first-order chi connectivity index (χ1) is 11.7. The maximum Gasteiger partial charge on any atom is 0.164 e. The highest BCUT2D eigenvalue weighted by Crippen LogP contribution is 2.28. The Morgan fingerprint density at radius 3 is 2.71 bits per heavy atom. The van der Waals surface area contributed by atoms with Crippen molar-refractivity contribution < 1.29 is 10.2 Å². The smallest absolute Gasteiger partial charge is 0.164 e. The lowest BCUT2D eigenvalue weighted by Crippen LogP contribution is -2.28. The summed E-state index contributed by atoms with van der Waals surface area (Å²) >= 11 is 0. The number of phenols is 1. The number of hydrogen-bond acceptors (Lipinski definition) is 5. The third-order valence-corrected chi connectivity index (χ3v) is 4.56. The van der Waals surface area contributed by atoms with Crippen LogP contribution in [0.1, 0.15) is 25.7 Å². The number of benzene rings is 1. The first-order valence-corrected chi connectivity index (χ1v) is 8.28. The third kappa shape index (κ3) is 2.92. The van der Waals surface area contributed by atoms with Crippen LogP contribution in [0.15, 0.2) is 36.5 Å². The quantitative estimate of drug-likeness (QED) is 0.594. The summed E-state index contributed by atoms with van der Waals surface area (Å²) in [7, 11) is 0. The number of H-pyrrole nitrogens is 1. The van der Waals surface area contributed by atoms with E-state index in [9.17, 15) is 10.2 Å². The second-order valence-corrected chi connectivity index (χ2v) is 6.34. The highest BCUT2D eigenvalue weighted by molar-refractivity contribution is 5.88. The molecule has 1 fully saturated rings. The molecule has 6 heteroatoms. The van der Waals surface area contributed by atoms with Crippen molar-refractivity contribution >= 4 is 16.9 Å². The Balaban J connectivity index is 1.70. The van der Waals surface area contributed by atoms with E-state index in [0.29, 0.717) is 11.9 Å². The van der Waals surface area contributed by atoms with Crippen molar-refractivity contribution in [3.05, 3.63) is 36.5 Å². The molecule has 0 bridgehead atoms. The lowest BCUT2D eigenvalue weighted by atomic mass is 9.93. The van der Waals surface area contributed by atoms with Gasteiger partial charge in [-0.15, -0.1) is 0 Å². The molecule has 0 atom stereocenters. The molecule has 4 rings (SSSR count). The van der Waals surface area contributed by atoms with Crippen LogP contribution in [-0.4, -0.2) is 37.3 Å². The number of phenolic OH excluding ortho intramolecular Hbond substituents is 1. The maximum absolute atomic E-state index is 9.70. The van der Waals surface area contributed by atoms with E-state index < -0.39 is 0 Å². The molecular formula is C18H20N4O2. The molecule has 4 N–H and O–H groups in total. The largest absolute Gasteiger partial charge is 0.508 e. The van der Waals surface area contributed by atoms with Crippen LogP contribution in [0.4, 0.5) is 5.82 Å². The van der Waals surface area contributed by atoms with Crippen LogP contribution in [-0.2, 0) is 0 Å². The Hall–Kier alpha value is -2.60. The average molecular weight is 324 g/mol. The molecule has 1 aromatic carbocycles. The third-order valence-electron chi connectivity index (χ3n) is 4.56. The fourth-order valence-corrected chi connectivity index (χ4v) is 3.24. The molecule has 2 heterocycles. The van der Waals surface area contributed by atoms with Crippen molar-refractivity contribution in [3.8, 4) is 17.1 Å². The Kier molecular flexibility index (Phi) is 3.82. The van der Waals surface area contributed by atoms with Crippen LogP contribution in [0.2, 0.25) is 0 Å². The molecule has 24 heavy (non-hydrogen) atoms. The van der Waals surface area contributed by atoms with Gasteiger partial charge in [0.15, 0.2) is 5.82 Å². The van der Waals surface area contributed by atoms with E-state index >= 15 is 0 Å². The minimum Gasteiger partial charge on any atom is -0.508 e. The number of nitrogens with zero attached hydrogens (tertiary/aromatic N) is 2. The number of fused-ring (bicyclic) bond motifs is 1. The number of anilines is 1. The van der Waals surface area contributed by atoms with Crippen molar-refractivity contribution in [3.63, 3.8) is 0 Å². The predicted molar refractivity (Wildman–Crippen MR) is 92.9 cm³/mol. The molecule has 6 nitrogen and oxygen atoms in total. The van der Waals surface area contributed by atoms with E-state index in [1.165, 1.54) is 0 Å². The number of aliphatic hydroxyl groups excluding tert-OH is 1. The Bertz CT molecular complexity index is 853. The first kappa shape index (κ1) is 15.0. The van der Waals surface area contributed by atoms with E-state index in [1.54, 1.807) is 18.2 Å². The fourth-order valence-electron chi connectivity index (χ4n) is 3.24. The van der Waals surface area contributed by atoms with Crippen LogP contribution in [0, 0.1) is 0 Å². The SMILES string of the molecule is Oc1cccc(-c2nc(NC3CCC(O)CC3)c3cc[nH]c3n2)c1. The van der Waals surface area contributed by atoms with Crippen molar-refractivity contribution in [2.75, 3.05) is 5.32 Å². The number of aromatic nitrogens is 3. The van der Waals surface area contributed by atoms with Crippen molar-refractivity contribution in [1.82, 2.24) is 15.0 Å². The van der Waals surface area contributed by atoms with E-state index in [-0.39, 0.29) is 11.9 Å². The van der Waals surface area contributed by atoms with Gasteiger partial charge < -0.3 is 20.5 Å². The summed E-state index contributed by atoms with van der Waals surface area (Å²) in [5.74, 6) is 1.55. The zero-order valence-corrected chi connectivity index (χ0v) is 13.2. The maximum atomic E-state index is 9.70. The number of aliphatic hydroxyl groups is 1. The minimum atomic E-state index is -0.177. The molecule has 0 spiro atoms. The van der Waals surface area contributed by atoms with Gasteiger partial charge in [0.2, 0.25) is 0 Å². The predicted octanol–water partition coefficient (Wildman–Crippen LogP) is 3.05. The number of nitrogens with one attached hydrogen (secondary N) is 2. The lowest BCUT2D eigenvalue weighted by Gasteiger charge is -2.26. The second-order valence-electron chi connectivity index (χ2n) is 6.34. The number of hydrogen-bond donors (Lipinski definition) is 4. The van der Waals surface area contributed by atoms with Gasteiger partial charge in [0.25, 0.3) is 0 Å². The summed E-state index contributed by atoms with van der Waals surface area (Å²) in [6.07, 6.45) is 5.17. The summed E-state index contributed by atoms with van der Waals surface area (Å²) in [6.45, 7) is 0. The van der Waals surface area contributed by atoms with Crippen LogP contribution in [0.5, 0.6) is 5.75 Å². The fraction of sp³-hybridized carbons (Fsp3) is 0.333. The van der Waals surface area contributed by atoms with E-state index in [4.69, 9.17) is 0 Å². The summed E-state index contributed by atoms with van der Waals surface area (Å²) in [6, 6.07) is 9.21. The first-order valence-electron chi connectivity index (χ1n) is 8.28. The zero-order chi connectivity index (χ0) is 16.5. The highest BCUT2D eigenvalue weighted by atomic mass is 16.3. The van der Waals surface area contributed by atoms with Gasteiger partial charge in [-0.3, -0.25) is 0 Å². The van der Waals surface area contributed by atoms with Gasteiger partial charge in [0.1, 0.15) is 17.2 Å². The Morgan fingerprint density at radius 1 is 1.08 bits per heavy atom. The van der Waals surface area contributed by atoms with Crippen molar-refractivity contribution in [1.29, 1.82) is 0 Å². The molecule has 1 aliphatic rings. The molecule has 1 saturated carbocycles. The monoisotopic (exact) mass is 324 g/mol. The summed E-state index contributed by atoms with van der Waals surface area (Å²) in [5, 5.41) is 23.8. The molecule has 2 aromatic heterocycles. The van der Waals surface area contributed by atoms with Crippen LogP contribution in [0.25, 0.3) is 22.4 Å². The average Bonchev–Trinajstić information content (AvgIpc) is 3.06. The molecule has 124 valence electrons. The van der Waals surface area contributed by atoms with Gasteiger partial charge in [-0.25, -0.2) is 9.97 Å². The van der Waals surface area contributed by atoms with E-state index in [1.807, 2.05) is 18.3 Å². The highest BCUT2D eigenvalue weighted by Gasteiger charge is 2.21. The van der Waals surface area contributed by atoms with E-state index in [2.05, 4.69) is 20.3 Å². The van der Waals surface area contributed by atoms with E-state index in [0.717, 1.165) is 48.1 Å². The molecule has 0 unspecified atom stereocenters. The summed E-state index contributed by atoms with van der Waals surface area (Å²) < 4.78 is 0. The molecule has 0 saturated heterocycles. The normalized spacial score (nSPS) is 21.0. The number of aromatic amines is 1. The Morgan fingerprint density at radius 2 is 1.92 bits per heavy atom. The van der Waals surface area contributed by atoms with Gasteiger partial charge in [-0.05, 0) is 43.9 Å². The second kappa shape index (κ2) is 6.13. The lowest BCUT2D eigenvalue weighted by molar-refractivity contribution is 0.126. The molecule has 1 aliphatic carbocycles. The van der Waals surface area contributed by atoms with Gasteiger partial charge in [-0.2, -0.15) is 0 Å². The zero-order valence-electron chi connectivity index (χ0n) is 13.2. The number of aromatic hydroxyl groups is 1. The summed E-state index contributed by atoms with van der Waals surface area (Å²) in [4.78, 5) is 12.4.